The number of carbonyl (C=O) groups is 1. The summed E-state index contributed by atoms with van der Waals surface area (Å²) >= 11 is 0. The Kier molecular flexibility index (Phi) is 4.38. The highest BCUT2D eigenvalue weighted by Gasteiger charge is 2.29. The summed E-state index contributed by atoms with van der Waals surface area (Å²) in [7, 11) is 0. The Morgan fingerprint density at radius 3 is 2.97 bits per heavy atom. The number of likely N-dealkylation sites (tertiary alicyclic amines) is 1. The van der Waals surface area contributed by atoms with Gasteiger partial charge in [0.2, 0.25) is 6.79 Å². The van der Waals surface area contributed by atoms with Gasteiger partial charge in [-0.25, -0.2) is 9.97 Å². The SMILES string of the molecule is Cc1cc(-c2cncnc2[C@H]2CCCN(C(=O)c3ccc4c(c3)OCO4)C2)on1. The Bertz CT molecular complexity index is 1060. The summed E-state index contributed by atoms with van der Waals surface area (Å²) < 4.78 is 16.2. The minimum absolute atomic E-state index is 0.0147. The van der Waals surface area contributed by atoms with E-state index in [1.807, 2.05) is 17.9 Å². The molecule has 0 aliphatic carbocycles. The fourth-order valence-electron chi connectivity index (χ4n) is 3.94. The molecule has 8 heteroatoms. The molecule has 2 aliphatic rings. The second-order valence-electron chi connectivity index (χ2n) is 7.31. The van der Waals surface area contributed by atoms with Crippen molar-refractivity contribution in [1.82, 2.24) is 20.0 Å². The number of ether oxygens (including phenoxy) is 2. The number of rotatable bonds is 3. The van der Waals surface area contributed by atoms with Gasteiger partial charge in [-0.2, -0.15) is 0 Å². The normalized spacial score (nSPS) is 18.1. The molecule has 0 saturated carbocycles. The zero-order chi connectivity index (χ0) is 19.8. The van der Waals surface area contributed by atoms with E-state index in [0.29, 0.717) is 35.9 Å². The van der Waals surface area contributed by atoms with Crippen LogP contribution in [0.3, 0.4) is 0 Å². The number of benzene rings is 1. The summed E-state index contributed by atoms with van der Waals surface area (Å²) in [5.41, 5.74) is 3.12. The molecule has 2 aliphatic heterocycles. The lowest BCUT2D eigenvalue weighted by Crippen LogP contribution is -2.39. The molecule has 1 amide bonds. The third kappa shape index (κ3) is 3.30. The van der Waals surface area contributed by atoms with Crippen molar-refractivity contribution in [2.45, 2.75) is 25.7 Å². The van der Waals surface area contributed by atoms with Gasteiger partial charge in [-0.15, -0.1) is 0 Å². The topological polar surface area (TPSA) is 90.6 Å². The number of aromatic nitrogens is 3. The second kappa shape index (κ2) is 7.20. The highest BCUT2D eigenvalue weighted by molar-refractivity contribution is 5.95. The molecule has 29 heavy (non-hydrogen) atoms. The summed E-state index contributed by atoms with van der Waals surface area (Å²) in [5, 5.41) is 3.97. The number of fused-ring (bicyclic) bond motifs is 1. The van der Waals surface area contributed by atoms with Crippen molar-refractivity contribution in [3.8, 4) is 22.8 Å². The molecule has 1 saturated heterocycles. The molecular weight excluding hydrogens is 372 g/mol. The second-order valence-corrected chi connectivity index (χ2v) is 7.31. The maximum Gasteiger partial charge on any atom is 0.254 e. The number of hydrogen-bond donors (Lipinski definition) is 0. The molecule has 0 bridgehead atoms. The molecule has 5 rings (SSSR count). The Hall–Kier alpha value is -3.42. The standard InChI is InChI=1S/C21H20N4O4/c1-13-7-18(29-24-13)16-9-22-11-23-20(16)15-3-2-6-25(10-15)21(26)14-4-5-17-19(8-14)28-12-27-17/h4-5,7-9,11,15H,2-3,6,10,12H2,1H3/t15-/m0/s1. The molecule has 1 aromatic carbocycles. The van der Waals surface area contributed by atoms with Gasteiger partial charge in [-0.3, -0.25) is 4.79 Å². The first-order valence-electron chi connectivity index (χ1n) is 9.61. The zero-order valence-electron chi connectivity index (χ0n) is 16.0. The first-order valence-corrected chi connectivity index (χ1v) is 9.61. The zero-order valence-corrected chi connectivity index (χ0v) is 16.0. The van der Waals surface area contributed by atoms with Crippen LogP contribution in [-0.4, -0.2) is 45.8 Å². The van der Waals surface area contributed by atoms with Gasteiger partial charge in [-0.1, -0.05) is 5.16 Å². The van der Waals surface area contributed by atoms with Gasteiger partial charge in [0, 0.05) is 36.8 Å². The minimum Gasteiger partial charge on any atom is -0.454 e. The number of aryl methyl sites for hydroxylation is 1. The molecule has 3 aromatic rings. The number of carbonyl (C=O) groups excluding carboxylic acids is 1. The van der Waals surface area contributed by atoms with E-state index in [1.54, 1.807) is 30.7 Å². The van der Waals surface area contributed by atoms with Crippen LogP contribution in [0.2, 0.25) is 0 Å². The van der Waals surface area contributed by atoms with Gasteiger partial charge in [0.15, 0.2) is 17.3 Å². The minimum atomic E-state index is -0.0147. The van der Waals surface area contributed by atoms with Crippen LogP contribution in [0.4, 0.5) is 0 Å². The maximum absolute atomic E-state index is 13.1. The summed E-state index contributed by atoms with van der Waals surface area (Å²) in [6.45, 7) is 3.37. The molecule has 1 atom stereocenters. The van der Waals surface area contributed by atoms with Crippen molar-refractivity contribution in [1.29, 1.82) is 0 Å². The highest BCUT2D eigenvalue weighted by atomic mass is 16.7. The van der Waals surface area contributed by atoms with E-state index in [4.69, 9.17) is 14.0 Å². The van der Waals surface area contributed by atoms with Gasteiger partial charge >= 0.3 is 0 Å². The third-order valence-corrected chi connectivity index (χ3v) is 5.35. The van der Waals surface area contributed by atoms with Crippen LogP contribution in [0, 0.1) is 6.92 Å². The van der Waals surface area contributed by atoms with Crippen LogP contribution in [0.15, 0.2) is 41.3 Å². The molecule has 0 spiro atoms. The molecule has 0 N–H and O–H groups in total. The van der Waals surface area contributed by atoms with E-state index >= 15 is 0 Å². The van der Waals surface area contributed by atoms with Crippen LogP contribution in [0.25, 0.3) is 11.3 Å². The van der Waals surface area contributed by atoms with Crippen molar-refractivity contribution < 1.29 is 18.8 Å². The first-order chi connectivity index (χ1) is 14.2. The van der Waals surface area contributed by atoms with Crippen molar-refractivity contribution in [2.24, 2.45) is 0 Å². The predicted octanol–water partition coefficient (Wildman–Crippen LogP) is 3.19. The van der Waals surface area contributed by atoms with E-state index in [-0.39, 0.29) is 18.6 Å². The van der Waals surface area contributed by atoms with Crippen molar-refractivity contribution in [3.05, 3.63) is 53.7 Å². The van der Waals surface area contributed by atoms with E-state index in [1.165, 1.54) is 0 Å². The van der Waals surface area contributed by atoms with Crippen LogP contribution >= 0.6 is 0 Å². The Morgan fingerprint density at radius 2 is 2.10 bits per heavy atom. The average molecular weight is 392 g/mol. The maximum atomic E-state index is 13.1. The van der Waals surface area contributed by atoms with Crippen LogP contribution in [-0.2, 0) is 0 Å². The molecule has 8 nitrogen and oxygen atoms in total. The van der Waals surface area contributed by atoms with Gasteiger partial charge in [0.05, 0.1) is 17.0 Å². The van der Waals surface area contributed by atoms with Crippen molar-refractivity contribution >= 4 is 5.91 Å². The smallest absolute Gasteiger partial charge is 0.254 e. The van der Waals surface area contributed by atoms with E-state index < -0.39 is 0 Å². The number of amides is 1. The summed E-state index contributed by atoms with van der Waals surface area (Å²) in [4.78, 5) is 23.7. The number of nitrogens with zero attached hydrogens (tertiary/aromatic N) is 4. The van der Waals surface area contributed by atoms with E-state index in [9.17, 15) is 4.79 Å². The highest BCUT2D eigenvalue weighted by Crippen LogP contribution is 2.35. The Balaban J connectivity index is 1.40. The largest absolute Gasteiger partial charge is 0.454 e. The molecule has 1 fully saturated rings. The molecule has 0 radical (unpaired) electrons. The van der Waals surface area contributed by atoms with Crippen molar-refractivity contribution in [3.63, 3.8) is 0 Å². The summed E-state index contributed by atoms with van der Waals surface area (Å²) in [5.74, 6) is 2.02. The number of piperidine rings is 1. The van der Waals surface area contributed by atoms with Crippen LogP contribution < -0.4 is 9.47 Å². The average Bonchev–Trinajstić information content (AvgIpc) is 3.41. The Morgan fingerprint density at radius 1 is 1.21 bits per heavy atom. The fraction of sp³-hybridized carbons (Fsp3) is 0.333. The van der Waals surface area contributed by atoms with Crippen molar-refractivity contribution in [2.75, 3.05) is 19.9 Å². The number of hydrogen-bond acceptors (Lipinski definition) is 7. The molecule has 148 valence electrons. The van der Waals surface area contributed by atoms with E-state index in [2.05, 4.69) is 15.1 Å². The van der Waals surface area contributed by atoms with Gasteiger partial charge in [0.1, 0.15) is 6.33 Å². The molecule has 4 heterocycles. The third-order valence-electron chi connectivity index (χ3n) is 5.35. The van der Waals surface area contributed by atoms with Gasteiger partial charge in [0.25, 0.3) is 5.91 Å². The lowest BCUT2D eigenvalue weighted by Gasteiger charge is -2.33. The van der Waals surface area contributed by atoms with E-state index in [0.717, 1.165) is 29.8 Å². The van der Waals surface area contributed by atoms with Crippen LogP contribution in [0.5, 0.6) is 11.5 Å². The molecule has 2 aromatic heterocycles. The van der Waals surface area contributed by atoms with Gasteiger partial charge in [-0.05, 0) is 38.0 Å². The van der Waals surface area contributed by atoms with Gasteiger partial charge < -0.3 is 18.9 Å². The lowest BCUT2D eigenvalue weighted by atomic mass is 9.91. The predicted molar refractivity (Wildman–Crippen MR) is 103 cm³/mol. The molecule has 0 unspecified atom stereocenters. The monoisotopic (exact) mass is 392 g/mol. The Labute approximate surface area is 167 Å². The summed E-state index contributed by atoms with van der Waals surface area (Å²) in [6, 6.07) is 7.20. The first kappa shape index (κ1) is 17.7. The molecular formula is C21H20N4O4. The quantitative estimate of drug-likeness (QED) is 0.676. The summed E-state index contributed by atoms with van der Waals surface area (Å²) in [6.07, 6.45) is 5.14. The lowest BCUT2D eigenvalue weighted by molar-refractivity contribution is 0.0705. The van der Waals surface area contributed by atoms with Crippen LogP contribution in [0.1, 0.15) is 40.5 Å². The fourth-order valence-corrected chi connectivity index (χ4v) is 3.94.